The molecule has 120 valence electrons. The minimum Gasteiger partial charge on any atom is -0.516 e. The van der Waals surface area contributed by atoms with Gasteiger partial charge in [0.05, 0.1) is 0 Å². The van der Waals surface area contributed by atoms with Gasteiger partial charge in [-0.1, -0.05) is 51.1 Å². The number of benzene rings is 1. The highest BCUT2D eigenvalue weighted by Crippen LogP contribution is 2.40. The van der Waals surface area contributed by atoms with Crippen molar-refractivity contribution in [3.05, 3.63) is 48.0 Å². The lowest BCUT2D eigenvalue weighted by Crippen LogP contribution is -2.45. The summed E-state index contributed by atoms with van der Waals surface area (Å²) in [5.74, 6) is -1.72. The van der Waals surface area contributed by atoms with Gasteiger partial charge >= 0.3 is 11.9 Å². The van der Waals surface area contributed by atoms with E-state index >= 15 is 0 Å². The molecule has 0 bridgehead atoms. The largest absolute Gasteiger partial charge is 0.516 e. The van der Waals surface area contributed by atoms with Crippen molar-refractivity contribution in [1.82, 2.24) is 0 Å². The summed E-state index contributed by atoms with van der Waals surface area (Å²) in [6.45, 7) is 8.23. The highest BCUT2D eigenvalue weighted by molar-refractivity contribution is 6.76. The van der Waals surface area contributed by atoms with Crippen LogP contribution in [0.2, 0.25) is 17.6 Å². The summed E-state index contributed by atoms with van der Waals surface area (Å²) in [5, 5.41) is 8.46. The first-order valence-electron chi connectivity index (χ1n) is 7.32. The van der Waals surface area contributed by atoms with Crippen molar-refractivity contribution in [2.45, 2.75) is 44.8 Å². The Bertz CT molecular complexity index is 546. The quantitative estimate of drug-likeness (QED) is 0.640. The SMILES string of the molecule is CC(C)(C)[Si](C)(CCc1ccccc1)OC(=O)/C=C\C(=O)O. The summed E-state index contributed by atoms with van der Waals surface area (Å²) in [7, 11) is -2.36. The predicted molar refractivity (Wildman–Crippen MR) is 89.2 cm³/mol. The van der Waals surface area contributed by atoms with Crippen LogP contribution in [0.15, 0.2) is 42.5 Å². The minimum absolute atomic E-state index is 0.130. The van der Waals surface area contributed by atoms with Crippen LogP contribution in [0.5, 0.6) is 0 Å². The van der Waals surface area contributed by atoms with E-state index in [0.717, 1.165) is 24.6 Å². The highest BCUT2D eigenvalue weighted by Gasteiger charge is 2.44. The third kappa shape index (κ3) is 5.48. The van der Waals surface area contributed by atoms with Gasteiger partial charge in [-0.3, -0.25) is 0 Å². The Labute approximate surface area is 132 Å². The van der Waals surface area contributed by atoms with Crippen molar-refractivity contribution in [3.63, 3.8) is 0 Å². The number of rotatable bonds is 6. The molecule has 22 heavy (non-hydrogen) atoms. The maximum Gasteiger partial charge on any atom is 0.328 e. The van der Waals surface area contributed by atoms with Crippen LogP contribution in [0.1, 0.15) is 26.3 Å². The molecule has 1 atom stereocenters. The monoisotopic (exact) mass is 320 g/mol. The Morgan fingerprint density at radius 2 is 1.77 bits per heavy atom. The normalized spacial score (nSPS) is 14.5. The van der Waals surface area contributed by atoms with Gasteiger partial charge in [0.1, 0.15) is 0 Å². The van der Waals surface area contributed by atoms with Crippen LogP contribution in [-0.4, -0.2) is 25.4 Å². The Morgan fingerprint density at radius 1 is 1.18 bits per heavy atom. The highest BCUT2D eigenvalue weighted by atomic mass is 28.4. The second kappa shape index (κ2) is 7.40. The number of carboxylic acid groups (broad SMARTS) is 1. The van der Waals surface area contributed by atoms with Gasteiger partial charge in [0.25, 0.3) is 8.32 Å². The average molecular weight is 320 g/mol. The standard InChI is InChI=1S/C17H24O4Si/c1-17(2,3)22(4,21-16(20)11-10-15(18)19)13-12-14-8-6-5-7-9-14/h5-11H,12-13H2,1-4H3,(H,18,19)/b11-10-. The van der Waals surface area contributed by atoms with Gasteiger partial charge in [-0.15, -0.1) is 0 Å². The molecule has 0 saturated carbocycles. The maximum absolute atomic E-state index is 11.9. The van der Waals surface area contributed by atoms with Crippen LogP contribution in [0, 0.1) is 0 Å². The molecule has 0 saturated heterocycles. The third-order valence-corrected chi connectivity index (χ3v) is 9.04. The van der Waals surface area contributed by atoms with Crippen molar-refractivity contribution in [2.75, 3.05) is 0 Å². The molecule has 5 heteroatoms. The van der Waals surface area contributed by atoms with Crippen LogP contribution >= 0.6 is 0 Å². The fourth-order valence-corrected chi connectivity index (χ4v) is 4.44. The molecule has 4 nitrogen and oxygen atoms in total. The summed E-state index contributed by atoms with van der Waals surface area (Å²) < 4.78 is 5.72. The Balaban J connectivity index is 2.82. The van der Waals surface area contributed by atoms with Gasteiger partial charge in [0.2, 0.25) is 0 Å². The smallest absolute Gasteiger partial charge is 0.328 e. The summed E-state index contributed by atoms with van der Waals surface area (Å²) in [6, 6.07) is 10.9. The van der Waals surface area contributed by atoms with E-state index < -0.39 is 20.3 Å². The van der Waals surface area contributed by atoms with Gasteiger partial charge in [-0.05, 0) is 29.6 Å². The molecule has 0 aliphatic carbocycles. The van der Waals surface area contributed by atoms with Crippen molar-refractivity contribution >= 4 is 20.3 Å². The van der Waals surface area contributed by atoms with Crippen LogP contribution < -0.4 is 0 Å². The fourth-order valence-electron chi connectivity index (χ4n) is 2.00. The van der Waals surface area contributed by atoms with Crippen LogP contribution in [0.3, 0.4) is 0 Å². The molecule has 0 radical (unpaired) electrons. The molecular formula is C17H24O4Si. The van der Waals surface area contributed by atoms with Gasteiger partial charge in [0.15, 0.2) is 0 Å². The molecule has 0 spiro atoms. The Hall–Kier alpha value is -1.88. The molecule has 1 unspecified atom stereocenters. The van der Waals surface area contributed by atoms with Gasteiger partial charge in [-0.25, -0.2) is 9.59 Å². The van der Waals surface area contributed by atoms with E-state index in [4.69, 9.17) is 9.53 Å². The average Bonchev–Trinajstić information content (AvgIpc) is 2.43. The molecule has 0 fully saturated rings. The summed E-state index contributed by atoms with van der Waals surface area (Å²) in [4.78, 5) is 22.4. The van der Waals surface area contributed by atoms with E-state index in [-0.39, 0.29) is 5.04 Å². The predicted octanol–water partition coefficient (Wildman–Crippen LogP) is 3.79. The number of carbonyl (C=O) groups is 2. The molecule has 1 aromatic carbocycles. The van der Waals surface area contributed by atoms with E-state index in [1.807, 2.05) is 24.7 Å². The van der Waals surface area contributed by atoms with Crippen molar-refractivity contribution in [3.8, 4) is 0 Å². The summed E-state index contributed by atoms with van der Waals surface area (Å²) >= 11 is 0. The van der Waals surface area contributed by atoms with Crippen LogP contribution in [-0.2, 0) is 20.4 Å². The first-order valence-corrected chi connectivity index (χ1v) is 9.93. The van der Waals surface area contributed by atoms with E-state index in [2.05, 4.69) is 32.9 Å². The molecule has 0 amide bonds. The fraction of sp³-hybridized carbons (Fsp3) is 0.412. The Morgan fingerprint density at radius 3 is 2.27 bits per heavy atom. The lowest BCUT2D eigenvalue weighted by atomic mass is 10.2. The Kier molecular flexibility index (Phi) is 6.11. The number of carboxylic acids is 1. The molecule has 1 N–H and O–H groups in total. The third-order valence-electron chi connectivity index (χ3n) is 4.01. The molecular weight excluding hydrogens is 296 g/mol. The van der Waals surface area contributed by atoms with E-state index in [0.29, 0.717) is 0 Å². The van der Waals surface area contributed by atoms with Crippen LogP contribution in [0.25, 0.3) is 0 Å². The van der Waals surface area contributed by atoms with Gasteiger partial charge in [0, 0.05) is 12.2 Å². The van der Waals surface area contributed by atoms with Crippen molar-refractivity contribution < 1.29 is 19.1 Å². The van der Waals surface area contributed by atoms with E-state index in [9.17, 15) is 9.59 Å². The van der Waals surface area contributed by atoms with Crippen LogP contribution in [0.4, 0.5) is 0 Å². The minimum atomic E-state index is -2.36. The number of hydrogen-bond donors (Lipinski definition) is 1. The van der Waals surface area contributed by atoms with E-state index in [1.165, 1.54) is 5.56 Å². The maximum atomic E-state index is 11.9. The number of carbonyl (C=O) groups excluding carboxylic acids is 1. The first kappa shape index (κ1) is 18.2. The lowest BCUT2D eigenvalue weighted by molar-refractivity contribution is -0.133. The topological polar surface area (TPSA) is 63.6 Å². The van der Waals surface area contributed by atoms with Gasteiger partial charge < -0.3 is 9.53 Å². The first-order chi connectivity index (χ1) is 10.1. The zero-order valence-corrected chi connectivity index (χ0v) is 14.6. The molecule has 0 aromatic heterocycles. The number of aliphatic carboxylic acids is 1. The van der Waals surface area contributed by atoms with Gasteiger partial charge in [-0.2, -0.15) is 0 Å². The summed E-state index contributed by atoms with van der Waals surface area (Å²) in [6.07, 6.45) is 2.65. The molecule has 0 aliphatic rings. The molecule has 0 heterocycles. The molecule has 0 aliphatic heterocycles. The zero-order valence-electron chi connectivity index (χ0n) is 13.6. The summed E-state index contributed by atoms with van der Waals surface area (Å²) in [5.41, 5.74) is 1.21. The van der Waals surface area contributed by atoms with Crippen molar-refractivity contribution in [2.24, 2.45) is 0 Å². The number of hydrogen-bond acceptors (Lipinski definition) is 3. The second-order valence-corrected chi connectivity index (χ2v) is 11.2. The molecule has 1 aromatic rings. The number of aryl methyl sites for hydroxylation is 1. The second-order valence-electron chi connectivity index (χ2n) is 6.56. The zero-order chi connectivity index (χ0) is 16.8. The lowest BCUT2D eigenvalue weighted by Gasteiger charge is -2.38. The molecule has 1 rings (SSSR count). The van der Waals surface area contributed by atoms with Crippen molar-refractivity contribution in [1.29, 1.82) is 0 Å². The van der Waals surface area contributed by atoms with E-state index in [1.54, 1.807) is 0 Å².